The first kappa shape index (κ1) is 29.7. The smallest absolute Gasteiger partial charge is 0.238 e. The largest absolute Gasteiger partial charge is 0.497 e. The second-order valence-electron chi connectivity index (χ2n) is 9.86. The fourth-order valence-corrected chi connectivity index (χ4v) is 5.12. The summed E-state index contributed by atoms with van der Waals surface area (Å²) in [4.78, 5) is 23.1. The van der Waals surface area contributed by atoms with Gasteiger partial charge in [0.05, 0.1) is 31.8 Å². The number of hydrogen-bond acceptors (Lipinski definition) is 9. The molecule has 1 aromatic heterocycles. The number of aromatic nitrogens is 2. The number of nitrogens with zero attached hydrogens (tertiary/aromatic N) is 2. The normalized spacial score (nSPS) is 11.5. The predicted octanol–water partition coefficient (Wildman–Crippen LogP) is 6.84. The third-order valence-electron chi connectivity index (χ3n) is 6.67. The minimum atomic E-state index is -0.101. The number of benzene rings is 4. The van der Waals surface area contributed by atoms with Crippen LogP contribution in [0.15, 0.2) is 102 Å². The molecule has 0 saturated carbocycles. The number of rotatable bonds is 13. The highest BCUT2D eigenvalue weighted by Gasteiger charge is 2.12. The summed E-state index contributed by atoms with van der Waals surface area (Å²) in [6, 6.07) is 31.1. The second kappa shape index (κ2) is 14.4. The van der Waals surface area contributed by atoms with Gasteiger partial charge in [0.25, 0.3) is 0 Å². The van der Waals surface area contributed by atoms with Crippen molar-refractivity contribution in [3.63, 3.8) is 0 Å². The number of hydrogen-bond donors (Lipinski definition) is 4. The average Bonchev–Trinajstić information content (AvgIpc) is 3.04. The standard InChI is InChI=1S/C33H34N6O3S/c1-22(23-10-5-4-6-11-23)20-34-21-31(40)35-24-12-9-13-28(18-24)43-39-33-32(37-29-14-7-8-15-30(29)38-33)36-25-16-26(41-2)19-27(17-25)42-3/h4-19,22,34H,20-21H2,1-3H3,(H,35,40)(H,36,37)(H,38,39). The summed E-state index contributed by atoms with van der Waals surface area (Å²) in [5.74, 6) is 2.61. The van der Waals surface area contributed by atoms with Gasteiger partial charge in [-0.05, 0) is 53.8 Å². The Kier molecular flexibility index (Phi) is 9.94. The van der Waals surface area contributed by atoms with Crippen molar-refractivity contribution in [2.75, 3.05) is 42.7 Å². The van der Waals surface area contributed by atoms with Crippen LogP contribution in [0.2, 0.25) is 0 Å². The Morgan fingerprint density at radius 2 is 1.47 bits per heavy atom. The van der Waals surface area contributed by atoms with E-state index in [4.69, 9.17) is 19.4 Å². The molecular formula is C33H34N6O3S. The molecule has 43 heavy (non-hydrogen) atoms. The van der Waals surface area contributed by atoms with E-state index in [0.29, 0.717) is 41.3 Å². The summed E-state index contributed by atoms with van der Waals surface area (Å²) < 4.78 is 14.2. The van der Waals surface area contributed by atoms with Crippen LogP contribution in [-0.2, 0) is 4.79 Å². The summed E-state index contributed by atoms with van der Waals surface area (Å²) in [5.41, 5.74) is 4.21. The molecule has 0 radical (unpaired) electrons. The van der Waals surface area contributed by atoms with Gasteiger partial charge >= 0.3 is 0 Å². The number of carbonyl (C=O) groups excluding carboxylic acids is 1. The molecule has 0 saturated heterocycles. The molecule has 4 aromatic carbocycles. The van der Waals surface area contributed by atoms with Crippen LogP contribution in [0, 0.1) is 0 Å². The van der Waals surface area contributed by atoms with E-state index >= 15 is 0 Å². The topological polar surface area (TPSA) is 109 Å². The zero-order valence-electron chi connectivity index (χ0n) is 24.3. The van der Waals surface area contributed by atoms with E-state index in [-0.39, 0.29) is 12.5 Å². The Balaban J connectivity index is 1.24. The molecule has 1 heterocycles. The number of anilines is 4. The molecule has 0 bridgehead atoms. The van der Waals surface area contributed by atoms with Crippen molar-refractivity contribution >= 4 is 51.9 Å². The van der Waals surface area contributed by atoms with Crippen LogP contribution in [0.5, 0.6) is 11.5 Å². The lowest BCUT2D eigenvalue weighted by atomic mass is 10.0. The Labute approximate surface area is 255 Å². The molecule has 220 valence electrons. The second-order valence-corrected chi connectivity index (χ2v) is 10.7. The van der Waals surface area contributed by atoms with Crippen molar-refractivity contribution in [3.05, 3.63) is 103 Å². The lowest BCUT2D eigenvalue weighted by Gasteiger charge is -2.15. The quantitative estimate of drug-likeness (QED) is 0.109. The zero-order valence-corrected chi connectivity index (χ0v) is 25.1. The van der Waals surface area contributed by atoms with Gasteiger partial charge in [-0.3, -0.25) is 4.79 Å². The summed E-state index contributed by atoms with van der Waals surface area (Å²) in [7, 11) is 3.22. The third kappa shape index (κ3) is 8.15. The van der Waals surface area contributed by atoms with Crippen molar-refractivity contribution in [3.8, 4) is 11.5 Å². The number of fused-ring (bicyclic) bond motifs is 1. The van der Waals surface area contributed by atoms with E-state index < -0.39 is 0 Å². The molecule has 1 atom stereocenters. The molecule has 1 unspecified atom stereocenters. The first-order chi connectivity index (χ1) is 21.0. The van der Waals surface area contributed by atoms with Crippen molar-refractivity contribution < 1.29 is 14.3 Å². The van der Waals surface area contributed by atoms with Crippen LogP contribution in [-0.4, -0.2) is 43.2 Å². The van der Waals surface area contributed by atoms with Crippen molar-refractivity contribution in [2.24, 2.45) is 0 Å². The summed E-state index contributed by atoms with van der Waals surface area (Å²) >= 11 is 1.37. The highest BCUT2D eigenvalue weighted by molar-refractivity contribution is 8.00. The van der Waals surface area contributed by atoms with Gasteiger partial charge in [0.1, 0.15) is 11.5 Å². The predicted molar refractivity (Wildman–Crippen MR) is 175 cm³/mol. The SMILES string of the molecule is COc1cc(Nc2nc3ccccc3nc2NSc2cccc(NC(=O)CNCC(C)c3ccccc3)c2)cc(OC)c1. The molecule has 4 N–H and O–H groups in total. The number of methoxy groups -OCH3 is 2. The van der Waals surface area contributed by atoms with E-state index in [9.17, 15) is 4.79 Å². The Bertz CT molecular complexity index is 1660. The molecule has 0 aliphatic carbocycles. The van der Waals surface area contributed by atoms with Gasteiger partial charge in [0.15, 0.2) is 11.6 Å². The van der Waals surface area contributed by atoms with Crippen LogP contribution in [0.4, 0.5) is 23.0 Å². The molecular weight excluding hydrogens is 560 g/mol. The molecule has 5 rings (SSSR count). The first-order valence-electron chi connectivity index (χ1n) is 13.9. The summed E-state index contributed by atoms with van der Waals surface area (Å²) in [6.07, 6.45) is 0. The highest BCUT2D eigenvalue weighted by atomic mass is 32.2. The van der Waals surface area contributed by atoms with Gasteiger partial charge in [-0.15, -0.1) is 0 Å². The van der Waals surface area contributed by atoms with Crippen LogP contribution in [0.1, 0.15) is 18.4 Å². The first-order valence-corrected chi connectivity index (χ1v) is 14.7. The molecule has 9 nitrogen and oxygen atoms in total. The summed E-state index contributed by atoms with van der Waals surface area (Å²) in [5, 5.41) is 9.58. The van der Waals surface area contributed by atoms with Crippen LogP contribution < -0.4 is 30.1 Å². The molecule has 5 aromatic rings. The number of ether oxygens (including phenoxy) is 2. The van der Waals surface area contributed by atoms with Gasteiger partial charge in [-0.1, -0.05) is 55.5 Å². The minimum Gasteiger partial charge on any atom is -0.497 e. The Morgan fingerprint density at radius 3 is 2.16 bits per heavy atom. The van der Waals surface area contributed by atoms with E-state index in [0.717, 1.165) is 21.6 Å². The van der Waals surface area contributed by atoms with E-state index in [2.05, 4.69) is 39.7 Å². The van der Waals surface area contributed by atoms with Gasteiger partial charge in [0, 0.05) is 41.0 Å². The van der Waals surface area contributed by atoms with Crippen molar-refractivity contribution in [2.45, 2.75) is 17.7 Å². The van der Waals surface area contributed by atoms with Crippen molar-refractivity contribution in [1.29, 1.82) is 0 Å². The zero-order chi connectivity index (χ0) is 30.0. The van der Waals surface area contributed by atoms with E-state index in [1.807, 2.05) is 78.9 Å². The highest BCUT2D eigenvalue weighted by Crippen LogP contribution is 2.32. The van der Waals surface area contributed by atoms with Crippen molar-refractivity contribution in [1.82, 2.24) is 15.3 Å². The number of para-hydroxylation sites is 2. The molecule has 0 spiro atoms. The molecule has 0 aliphatic heterocycles. The van der Waals surface area contributed by atoms with Gasteiger partial charge < -0.3 is 30.1 Å². The minimum absolute atomic E-state index is 0.101. The number of nitrogens with one attached hydrogen (secondary N) is 4. The lowest BCUT2D eigenvalue weighted by Crippen LogP contribution is -2.30. The van der Waals surface area contributed by atoms with Crippen LogP contribution in [0.3, 0.4) is 0 Å². The average molecular weight is 595 g/mol. The molecule has 0 aliphatic rings. The lowest BCUT2D eigenvalue weighted by molar-refractivity contribution is -0.115. The monoisotopic (exact) mass is 594 g/mol. The molecule has 1 amide bonds. The summed E-state index contributed by atoms with van der Waals surface area (Å²) in [6.45, 7) is 3.08. The van der Waals surface area contributed by atoms with Gasteiger partial charge in [-0.25, -0.2) is 9.97 Å². The number of amides is 1. The molecule has 0 fully saturated rings. The number of carbonyl (C=O) groups is 1. The Morgan fingerprint density at radius 1 is 0.791 bits per heavy atom. The maximum Gasteiger partial charge on any atom is 0.238 e. The molecule has 10 heteroatoms. The van der Waals surface area contributed by atoms with E-state index in [1.54, 1.807) is 20.3 Å². The van der Waals surface area contributed by atoms with E-state index in [1.165, 1.54) is 17.5 Å². The fourth-order valence-electron chi connectivity index (χ4n) is 4.43. The van der Waals surface area contributed by atoms with Gasteiger partial charge in [-0.2, -0.15) is 0 Å². The Hall–Kier alpha value is -4.80. The maximum atomic E-state index is 12.6. The van der Waals surface area contributed by atoms with Crippen LogP contribution >= 0.6 is 11.9 Å². The van der Waals surface area contributed by atoms with Gasteiger partial charge in [0.2, 0.25) is 5.91 Å². The fraction of sp³-hybridized carbons (Fsp3) is 0.182. The third-order valence-corrected chi connectivity index (χ3v) is 7.46. The maximum absolute atomic E-state index is 12.6. The van der Waals surface area contributed by atoms with Crippen LogP contribution in [0.25, 0.3) is 11.0 Å².